The van der Waals surface area contributed by atoms with Gasteiger partial charge in [0.1, 0.15) is 18.8 Å². The van der Waals surface area contributed by atoms with Crippen molar-refractivity contribution >= 4 is 62.4 Å². The van der Waals surface area contributed by atoms with Gasteiger partial charge in [0.25, 0.3) is 0 Å². The number of Topliss-reactive ketones (excluding diaryl/α,β-unsaturated/α-hetero) is 1. The van der Waals surface area contributed by atoms with Crippen molar-refractivity contribution in [3.8, 4) is 5.75 Å². The molecule has 0 aliphatic heterocycles. The lowest BCUT2D eigenvalue weighted by molar-refractivity contribution is -0.118. The predicted octanol–water partition coefficient (Wildman–Crippen LogP) is 6.14. The maximum atomic E-state index is 12.7. The zero-order valence-corrected chi connectivity index (χ0v) is 26.3. The second kappa shape index (κ2) is 13.0. The Labute approximate surface area is 246 Å². The number of nitrogens with zero attached hydrogens (tertiary/aromatic N) is 2. The van der Waals surface area contributed by atoms with Crippen molar-refractivity contribution in [1.29, 1.82) is 0 Å². The maximum Gasteiger partial charge on any atom is 0.424 e. The molecule has 216 valence electrons. The van der Waals surface area contributed by atoms with Crippen LogP contribution in [-0.2, 0) is 25.0 Å². The van der Waals surface area contributed by atoms with Crippen LogP contribution >= 0.6 is 34.8 Å². The summed E-state index contributed by atoms with van der Waals surface area (Å²) in [6, 6.07) is 11.2. The Morgan fingerprint density at radius 2 is 1.46 bits per heavy atom. The van der Waals surface area contributed by atoms with Gasteiger partial charge in [-0.15, -0.1) is 11.6 Å². The van der Waals surface area contributed by atoms with Crippen molar-refractivity contribution < 1.29 is 27.5 Å². The Morgan fingerprint density at radius 3 is 1.92 bits per heavy atom. The molecule has 0 aliphatic rings. The molecule has 0 N–H and O–H groups in total. The first kappa shape index (κ1) is 33.0. The smallest absolute Gasteiger partial charge is 0.424 e. The average Bonchev–Trinajstić information content (AvgIpc) is 2.80. The van der Waals surface area contributed by atoms with Crippen molar-refractivity contribution in [3.63, 3.8) is 0 Å². The van der Waals surface area contributed by atoms with Crippen LogP contribution in [0.15, 0.2) is 36.4 Å². The van der Waals surface area contributed by atoms with E-state index in [-0.39, 0.29) is 13.2 Å². The fourth-order valence-corrected chi connectivity index (χ4v) is 5.05. The summed E-state index contributed by atoms with van der Waals surface area (Å²) in [5.41, 5.74) is 1.21. The number of benzene rings is 2. The summed E-state index contributed by atoms with van der Waals surface area (Å²) in [5.74, 6) is 0.228. The van der Waals surface area contributed by atoms with Gasteiger partial charge in [-0.05, 0) is 56.2 Å². The number of anilines is 1. The van der Waals surface area contributed by atoms with Crippen LogP contribution in [0.25, 0.3) is 0 Å². The highest BCUT2D eigenvalue weighted by atomic mass is 35.5. The normalized spacial score (nSPS) is 12.2. The van der Waals surface area contributed by atoms with Crippen molar-refractivity contribution in [2.45, 2.75) is 45.6 Å². The summed E-state index contributed by atoms with van der Waals surface area (Å²) in [5, 5.41) is 0.778. The van der Waals surface area contributed by atoms with Gasteiger partial charge in [-0.2, -0.15) is 4.31 Å². The predicted molar refractivity (Wildman–Crippen MR) is 157 cm³/mol. The molecule has 0 fully saturated rings. The van der Waals surface area contributed by atoms with Crippen molar-refractivity contribution in [2.75, 3.05) is 43.8 Å². The van der Waals surface area contributed by atoms with E-state index in [1.165, 1.54) is 0 Å². The highest BCUT2D eigenvalue weighted by Crippen LogP contribution is 2.40. The van der Waals surface area contributed by atoms with Gasteiger partial charge in [-0.3, -0.25) is 4.79 Å². The summed E-state index contributed by atoms with van der Waals surface area (Å²) in [6.45, 7) is 8.45. The van der Waals surface area contributed by atoms with Crippen molar-refractivity contribution in [3.05, 3.63) is 57.6 Å². The van der Waals surface area contributed by atoms with E-state index in [9.17, 15) is 18.0 Å². The molecule has 39 heavy (non-hydrogen) atoms. The van der Waals surface area contributed by atoms with Gasteiger partial charge in [-0.1, -0.05) is 49.2 Å². The largest absolute Gasteiger partial charge is 0.489 e. The Kier molecular flexibility index (Phi) is 11.0. The van der Waals surface area contributed by atoms with E-state index in [4.69, 9.17) is 44.3 Å². The standard InChI is InChI=1S/C27H35Cl3N2O6S/c1-26(2,3)38-25(34)32(39(7,35)36)17-21(33)16-31(6)20-10-8-18(9-11-20)27(4,5)19-14-22(29)24(23(30)15-19)37-13-12-28/h8-11,14-15H,12-13,16-17H2,1-7H3. The molecule has 2 aromatic carbocycles. The van der Waals surface area contributed by atoms with Crippen LogP contribution in [-0.4, -0.2) is 69.1 Å². The number of rotatable bonds is 11. The molecule has 0 spiro atoms. The molecule has 0 bridgehead atoms. The minimum absolute atomic E-state index is 0.119. The highest BCUT2D eigenvalue weighted by Gasteiger charge is 2.31. The Bertz CT molecular complexity index is 1270. The summed E-state index contributed by atoms with van der Waals surface area (Å²) in [7, 11) is -2.30. The molecule has 0 aliphatic carbocycles. The van der Waals surface area contributed by atoms with Crippen LogP contribution in [0.5, 0.6) is 5.75 Å². The molecule has 0 unspecified atom stereocenters. The third kappa shape index (κ3) is 9.17. The third-order valence-electron chi connectivity index (χ3n) is 5.80. The minimum Gasteiger partial charge on any atom is -0.489 e. The fourth-order valence-electron chi connectivity index (χ4n) is 3.69. The van der Waals surface area contributed by atoms with Gasteiger partial charge >= 0.3 is 6.09 Å². The molecule has 2 rings (SSSR count). The van der Waals surface area contributed by atoms with Gasteiger partial charge in [0, 0.05) is 18.2 Å². The van der Waals surface area contributed by atoms with Gasteiger partial charge in [-0.25, -0.2) is 13.2 Å². The summed E-state index contributed by atoms with van der Waals surface area (Å²) >= 11 is 18.6. The SMILES string of the molecule is CN(CC(=O)CN(C(=O)OC(C)(C)C)S(C)(=O)=O)c1ccc(C(C)(C)c2cc(Cl)c(OCCCl)c(Cl)c2)cc1. The summed E-state index contributed by atoms with van der Waals surface area (Å²) < 4.78 is 35.4. The number of carbonyl (C=O) groups excluding carboxylic acids is 2. The maximum absolute atomic E-state index is 12.7. The zero-order chi connectivity index (χ0) is 29.8. The first-order chi connectivity index (χ1) is 17.9. The van der Waals surface area contributed by atoms with E-state index >= 15 is 0 Å². The van der Waals surface area contributed by atoms with Gasteiger partial charge in [0.2, 0.25) is 10.0 Å². The highest BCUT2D eigenvalue weighted by molar-refractivity contribution is 7.88. The summed E-state index contributed by atoms with van der Waals surface area (Å²) in [6.07, 6.45) is -0.235. The Balaban J connectivity index is 2.17. The molecular weight excluding hydrogens is 587 g/mol. The number of sulfonamides is 1. The van der Waals surface area contributed by atoms with Gasteiger partial charge in [0.15, 0.2) is 11.5 Å². The minimum atomic E-state index is -4.01. The quantitative estimate of drug-likeness (QED) is 0.278. The molecule has 0 aromatic heterocycles. The molecule has 0 heterocycles. The van der Waals surface area contributed by atoms with Crippen LogP contribution in [0.4, 0.5) is 10.5 Å². The molecule has 8 nitrogen and oxygen atoms in total. The van der Waals surface area contributed by atoms with Crippen LogP contribution in [0, 0.1) is 0 Å². The number of likely N-dealkylation sites (N-methyl/N-ethyl adjacent to an activating group) is 1. The summed E-state index contributed by atoms with van der Waals surface area (Å²) in [4.78, 5) is 26.8. The lowest BCUT2D eigenvalue weighted by Crippen LogP contribution is -2.44. The Hall–Kier alpha value is -2.20. The van der Waals surface area contributed by atoms with Crippen LogP contribution in [0.3, 0.4) is 0 Å². The van der Waals surface area contributed by atoms with E-state index in [1.807, 2.05) is 50.2 Å². The van der Waals surface area contributed by atoms with E-state index in [1.54, 1.807) is 32.7 Å². The number of alkyl halides is 1. The number of hydrogen-bond donors (Lipinski definition) is 0. The molecule has 0 saturated carbocycles. The lowest BCUT2D eigenvalue weighted by Gasteiger charge is -2.28. The van der Waals surface area contributed by atoms with E-state index < -0.39 is 39.5 Å². The van der Waals surface area contributed by atoms with Gasteiger partial charge in [0.05, 0.1) is 28.7 Å². The molecule has 1 amide bonds. The fraction of sp³-hybridized carbons (Fsp3) is 0.481. The van der Waals surface area contributed by atoms with Crippen molar-refractivity contribution in [1.82, 2.24) is 4.31 Å². The number of hydrogen-bond acceptors (Lipinski definition) is 7. The number of ketones is 1. The molecule has 2 aromatic rings. The Morgan fingerprint density at radius 1 is 0.923 bits per heavy atom. The molecule has 0 saturated heterocycles. The van der Waals surface area contributed by atoms with Crippen LogP contribution in [0.2, 0.25) is 10.0 Å². The molecule has 12 heteroatoms. The number of ether oxygens (including phenoxy) is 2. The molecule has 0 radical (unpaired) electrons. The average molecular weight is 622 g/mol. The number of halogens is 3. The van der Waals surface area contributed by atoms with Gasteiger partial charge < -0.3 is 14.4 Å². The van der Waals surface area contributed by atoms with E-state index in [0.29, 0.717) is 26.0 Å². The molecular formula is C27H35Cl3N2O6S. The van der Waals surface area contributed by atoms with Crippen LogP contribution < -0.4 is 9.64 Å². The van der Waals surface area contributed by atoms with Crippen molar-refractivity contribution in [2.24, 2.45) is 0 Å². The van der Waals surface area contributed by atoms with E-state index in [0.717, 1.165) is 23.1 Å². The number of carbonyl (C=O) groups is 2. The second-order valence-corrected chi connectivity index (χ2v) is 13.7. The second-order valence-electron chi connectivity index (χ2n) is 10.6. The monoisotopic (exact) mass is 620 g/mol. The first-order valence-electron chi connectivity index (χ1n) is 12.1. The first-order valence-corrected chi connectivity index (χ1v) is 15.2. The third-order valence-corrected chi connectivity index (χ3v) is 7.60. The number of amides is 1. The lowest BCUT2D eigenvalue weighted by atomic mass is 9.78. The molecule has 0 atom stereocenters. The van der Waals surface area contributed by atoms with E-state index in [2.05, 4.69) is 0 Å². The topological polar surface area (TPSA) is 93.2 Å². The zero-order valence-electron chi connectivity index (χ0n) is 23.2. The van der Waals surface area contributed by atoms with Crippen LogP contribution in [0.1, 0.15) is 45.7 Å².